The third-order valence-corrected chi connectivity index (χ3v) is 6.23. The number of likely N-dealkylation sites (tertiary alicyclic amines) is 1. The maximum Gasteiger partial charge on any atom is 0.305 e. The fourth-order valence-corrected chi connectivity index (χ4v) is 5.48. The predicted molar refractivity (Wildman–Crippen MR) is 72.9 cm³/mol. The zero-order chi connectivity index (χ0) is 13.9. The number of hydrogen-bond donors (Lipinski definition) is 1. The molecule has 2 fully saturated rings. The summed E-state index contributed by atoms with van der Waals surface area (Å²) in [5.41, 5.74) is -0.659. The van der Waals surface area contributed by atoms with Crippen molar-refractivity contribution in [2.75, 3.05) is 24.6 Å². The van der Waals surface area contributed by atoms with Gasteiger partial charge in [0, 0.05) is 5.54 Å². The van der Waals surface area contributed by atoms with Crippen LogP contribution in [0.2, 0.25) is 0 Å². The summed E-state index contributed by atoms with van der Waals surface area (Å²) in [6.07, 6.45) is 5.64. The van der Waals surface area contributed by atoms with Crippen LogP contribution in [-0.4, -0.2) is 54.5 Å². The summed E-state index contributed by atoms with van der Waals surface area (Å²) in [7, 11) is -3.10. The lowest BCUT2D eigenvalue weighted by molar-refractivity contribution is -0.140. The Bertz CT molecular complexity index is 426. The molecule has 0 spiro atoms. The molecule has 2 heterocycles. The van der Waals surface area contributed by atoms with E-state index in [9.17, 15) is 18.3 Å². The molecular formula is C13H23NO4S. The van der Waals surface area contributed by atoms with Gasteiger partial charge in [0.1, 0.15) is 0 Å². The molecule has 0 aromatic rings. The van der Waals surface area contributed by atoms with E-state index in [1.807, 2.05) is 0 Å². The van der Waals surface area contributed by atoms with E-state index in [1.165, 1.54) is 0 Å². The first-order chi connectivity index (χ1) is 8.94. The fourth-order valence-electron chi connectivity index (χ4n) is 3.50. The lowest BCUT2D eigenvalue weighted by Gasteiger charge is -2.45. The standard InChI is InChI=1S/C13H23NO4S/c15-12(16)10-13(6-5-9-19(17,18)11-13)14-7-3-1-2-4-8-14/h1-11H2,(H,15,16). The van der Waals surface area contributed by atoms with E-state index >= 15 is 0 Å². The molecule has 1 N–H and O–H groups in total. The van der Waals surface area contributed by atoms with Crippen molar-refractivity contribution >= 4 is 15.8 Å². The average molecular weight is 289 g/mol. The molecule has 0 saturated carbocycles. The molecule has 110 valence electrons. The molecule has 0 aromatic heterocycles. The summed E-state index contributed by atoms with van der Waals surface area (Å²) in [6, 6.07) is 0. The first kappa shape index (κ1) is 14.8. The number of carboxylic acid groups (broad SMARTS) is 1. The van der Waals surface area contributed by atoms with Crippen molar-refractivity contribution in [3.8, 4) is 0 Å². The molecule has 0 radical (unpaired) electrons. The number of carboxylic acids is 1. The van der Waals surface area contributed by atoms with Gasteiger partial charge in [-0.25, -0.2) is 8.42 Å². The van der Waals surface area contributed by atoms with Crippen LogP contribution < -0.4 is 0 Å². The Balaban J connectivity index is 2.24. The number of carbonyl (C=O) groups is 1. The summed E-state index contributed by atoms with van der Waals surface area (Å²) in [5.74, 6) is -0.657. The maximum atomic E-state index is 12.0. The maximum absolute atomic E-state index is 12.0. The monoisotopic (exact) mass is 289 g/mol. The average Bonchev–Trinajstić information content (AvgIpc) is 2.55. The molecule has 5 nitrogen and oxygen atoms in total. The zero-order valence-electron chi connectivity index (χ0n) is 11.3. The normalized spacial score (nSPS) is 32.6. The van der Waals surface area contributed by atoms with Crippen LogP contribution in [0.25, 0.3) is 0 Å². The summed E-state index contributed by atoms with van der Waals surface area (Å²) < 4.78 is 23.9. The number of nitrogens with zero attached hydrogens (tertiary/aromatic N) is 1. The Morgan fingerprint density at radius 1 is 1.11 bits per heavy atom. The first-order valence-corrected chi connectivity index (χ1v) is 8.93. The largest absolute Gasteiger partial charge is 0.481 e. The van der Waals surface area contributed by atoms with Gasteiger partial charge in [0.2, 0.25) is 0 Å². The highest BCUT2D eigenvalue weighted by Gasteiger charge is 2.44. The molecule has 6 heteroatoms. The third kappa shape index (κ3) is 3.69. The molecule has 2 saturated heterocycles. The minimum atomic E-state index is -3.10. The highest BCUT2D eigenvalue weighted by Crippen LogP contribution is 2.34. The van der Waals surface area contributed by atoms with Crippen LogP contribution in [0.5, 0.6) is 0 Å². The minimum Gasteiger partial charge on any atom is -0.481 e. The van der Waals surface area contributed by atoms with Crippen LogP contribution in [0, 0.1) is 0 Å². The van der Waals surface area contributed by atoms with E-state index in [0.29, 0.717) is 12.8 Å². The Hall–Kier alpha value is -0.620. The zero-order valence-corrected chi connectivity index (χ0v) is 12.1. The molecule has 1 atom stereocenters. The van der Waals surface area contributed by atoms with Gasteiger partial charge in [-0.2, -0.15) is 0 Å². The first-order valence-electron chi connectivity index (χ1n) is 7.11. The summed E-state index contributed by atoms with van der Waals surface area (Å²) in [5, 5.41) is 9.18. The molecule has 2 aliphatic heterocycles. The predicted octanol–water partition coefficient (Wildman–Crippen LogP) is 1.28. The highest BCUT2D eigenvalue weighted by molar-refractivity contribution is 7.91. The molecule has 0 amide bonds. The second-order valence-corrected chi connectivity index (χ2v) is 8.08. The van der Waals surface area contributed by atoms with Crippen LogP contribution >= 0.6 is 0 Å². The smallest absolute Gasteiger partial charge is 0.305 e. The molecule has 0 aliphatic carbocycles. The third-order valence-electron chi connectivity index (χ3n) is 4.34. The minimum absolute atomic E-state index is 0.0201. The Labute approximate surface area is 114 Å². The molecule has 0 aromatic carbocycles. The van der Waals surface area contributed by atoms with Crippen molar-refractivity contribution in [3.05, 3.63) is 0 Å². The van der Waals surface area contributed by atoms with Crippen molar-refractivity contribution < 1.29 is 18.3 Å². The molecule has 2 rings (SSSR count). The molecule has 1 unspecified atom stereocenters. The topological polar surface area (TPSA) is 74.7 Å². The van der Waals surface area contributed by atoms with E-state index in [2.05, 4.69) is 4.90 Å². The van der Waals surface area contributed by atoms with Gasteiger partial charge in [-0.3, -0.25) is 9.69 Å². The van der Waals surface area contributed by atoms with E-state index in [4.69, 9.17) is 0 Å². The quantitative estimate of drug-likeness (QED) is 0.847. The van der Waals surface area contributed by atoms with Gasteiger partial charge in [-0.1, -0.05) is 12.8 Å². The lowest BCUT2D eigenvalue weighted by atomic mass is 9.89. The molecule has 2 aliphatic rings. The summed E-state index contributed by atoms with van der Waals surface area (Å²) >= 11 is 0. The summed E-state index contributed by atoms with van der Waals surface area (Å²) in [6.45, 7) is 1.67. The SMILES string of the molecule is O=C(O)CC1(N2CCCCCC2)CCCS(=O)(=O)C1. The van der Waals surface area contributed by atoms with Gasteiger partial charge in [0.05, 0.1) is 17.9 Å². The molecule has 19 heavy (non-hydrogen) atoms. The van der Waals surface area contributed by atoms with Crippen LogP contribution in [-0.2, 0) is 14.6 Å². The van der Waals surface area contributed by atoms with Crippen LogP contribution in [0.15, 0.2) is 0 Å². The van der Waals surface area contributed by atoms with Gasteiger partial charge >= 0.3 is 5.97 Å². The van der Waals surface area contributed by atoms with Crippen molar-refractivity contribution in [2.45, 2.75) is 50.5 Å². The van der Waals surface area contributed by atoms with Gasteiger partial charge in [-0.15, -0.1) is 0 Å². The van der Waals surface area contributed by atoms with Crippen molar-refractivity contribution in [1.29, 1.82) is 0 Å². The van der Waals surface area contributed by atoms with Crippen LogP contribution in [0.3, 0.4) is 0 Å². The van der Waals surface area contributed by atoms with Crippen molar-refractivity contribution in [1.82, 2.24) is 4.90 Å². The number of sulfone groups is 1. The summed E-state index contributed by atoms with van der Waals surface area (Å²) in [4.78, 5) is 13.3. The Morgan fingerprint density at radius 2 is 1.74 bits per heavy atom. The Morgan fingerprint density at radius 3 is 2.26 bits per heavy atom. The van der Waals surface area contributed by atoms with E-state index < -0.39 is 21.3 Å². The number of rotatable bonds is 3. The van der Waals surface area contributed by atoms with Gasteiger partial charge < -0.3 is 5.11 Å². The number of aliphatic carboxylic acids is 1. The molecule has 0 bridgehead atoms. The molecular weight excluding hydrogens is 266 g/mol. The highest BCUT2D eigenvalue weighted by atomic mass is 32.2. The van der Waals surface area contributed by atoms with Crippen LogP contribution in [0.1, 0.15) is 44.9 Å². The van der Waals surface area contributed by atoms with Gasteiger partial charge in [0.15, 0.2) is 9.84 Å². The lowest BCUT2D eigenvalue weighted by Crippen LogP contribution is -2.57. The van der Waals surface area contributed by atoms with Crippen molar-refractivity contribution in [3.63, 3.8) is 0 Å². The number of hydrogen-bond acceptors (Lipinski definition) is 4. The van der Waals surface area contributed by atoms with E-state index in [-0.39, 0.29) is 17.9 Å². The van der Waals surface area contributed by atoms with Gasteiger partial charge in [-0.05, 0) is 38.8 Å². The van der Waals surface area contributed by atoms with Crippen molar-refractivity contribution in [2.24, 2.45) is 0 Å². The van der Waals surface area contributed by atoms with E-state index in [1.54, 1.807) is 0 Å². The Kier molecular flexibility index (Phi) is 4.50. The second kappa shape index (κ2) is 5.79. The van der Waals surface area contributed by atoms with Gasteiger partial charge in [0.25, 0.3) is 0 Å². The van der Waals surface area contributed by atoms with Crippen LogP contribution in [0.4, 0.5) is 0 Å². The second-order valence-electron chi connectivity index (χ2n) is 5.89. The van der Waals surface area contributed by atoms with E-state index in [0.717, 1.165) is 38.8 Å². The fraction of sp³-hybridized carbons (Fsp3) is 0.923.